The lowest BCUT2D eigenvalue weighted by molar-refractivity contribution is 0.0953. The molecule has 1 amide bonds. The van der Waals surface area contributed by atoms with Crippen molar-refractivity contribution < 1.29 is 4.79 Å². The number of benzene rings is 1. The number of hydrogen-bond acceptors (Lipinski definition) is 3. The van der Waals surface area contributed by atoms with E-state index in [9.17, 15) is 4.79 Å². The van der Waals surface area contributed by atoms with Crippen molar-refractivity contribution in [3.05, 3.63) is 35.2 Å². The molecule has 0 aliphatic rings. The summed E-state index contributed by atoms with van der Waals surface area (Å²) in [5, 5.41) is 6.06. The van der Waals surface area contributed by atoms with Crippen LogP contribution >= 0.6 is 11.3 Å². The van der Waals surface area contributed by atoms with E-state index in [0.717, 1.165) is 23.8 Å². The van der Waals surface area contributed by atoms with Crippen LogP contribution in [0.2, 0.25) is 0 Å². The number of rotatable bonds is 5. The fourth-order valence-electron chi connectivity index (χ4n) is 1.68. The Balaban J connectivity index is 1.98. The summed E-state index contributed by atoms with van der Waals surface area (Å²) in [6, 6.07) is 7.83. The maximum absolute atomic E-state index is 11.8. The summed E-state index contributed by atoms with van der Waals surface area (Å²) in [6.07, 6.45) is 1.88. The molecule has 0 spiro atoms. The van der Waals surface area contributed by atoms with E-state index in [0.29, 0.717) is 13.1 Å². The minimum Gasteiger partial charge on any atom is -0.352 e. The zero-order chi connectivity index (χ0) is 12.1. The van der Waals surface area contributed by atoms with Gasteiger partial charge < -0.3 is 11.1 Å². The van der Waals surface area contributed by atoms with Crippen molar-refractivity contribution >= 4 is 27.3 Å². The summed E-state index contributed by atoms with van der Waals surface area (Å²) >= 11 is 1.69. The summed E-state index contributed by atoms with van der Waals surface area (Å²) in [6.45, 7) is 1.37. The van der Waals surface area contributed by atoms with Gasteiger partial charge in [0, 0.05) is 16.8 Å². The van der Waals surface area contributed by atoms with E-state index in [2.05, 4.69) is 5.32 Å². The first-order chi connectivity index (χ1) is 8.31. The molecule has 3 nitrogen and oxygen atoms in total. The number of unbranched alkanes of at least 4 members (excludes halogenated alkanes) is 1. The van der Waals surface area contributed by atoms with Gasteiger partial charge >= 0.3 is 0 Å². The van der Waals surface area contributed by atoms with Gasteiger partial charge in [-0.15, -0.1) is 11.3 Å². The van der Waals surface area contributed by atoms with E-state index in [1.165, 1.54) is 4.70 Å². The Kier molecular flexibility index (Phi) is 4.12. The SMILES string of the molecule is NCCCCNC(=O)c1ccc2sccc2c1. The minimum atomic E-state index is -0.00452. The van der Waals surface area contributed by atoms with Crippen LogP contribution in [0.4, 0.5) is 0 Å². The number of carbonyl (C=O) groups excluding carboxylic acids is 1. The van der Waals surface area contributed by atoms with Crippen LogP contribution in [0.5, 0.6) is 0 Å². The van der Waals surface area contributed by atoms with Crippen molar-refractivity contribution in [3.63, 3.8) is 0 Å². The molecule has 0 saturated heterocycles. The molecule has 0 radical (unpaired) electrons. The van der Waals surface area contributed by atoms with Crippen LogP contribution in [0.1, 0.15) is 23.2 Å². The highest BCUT2D eigenvalue weighted by atomic mass is 32.1. The summed E-state index contributed by atoms with van der Waals surface area (Å²) < 4.78 is 1.21. The maximum atomic E-state index is 11.8. The third kappa shape index (κ3) is 3.05. The molecule has 1 aromatic heterocycles. The maximum Gasteiger partial charge on any atom is 0.251 e. The average Bonchev–Trinajstić information content (AvgIpc) is 2.81. The molecule has 0 unspecified atom stereocenters. The number of nitrogens with one attached hydrogen (secondary N) is 1. The van der Waals surface area contributed by atoms with E-state index in [-0.39, 0.29) is 5.91 Å². The number of thiophene rings is 1. The molecule has 0 bridgehead atoms. The number of carbonyl (C=O) groups is 1. The molecule has 0 aliphatic carbocycles. The van der Waals surface area contributed by atoms with Gasteiger partial charge in [0.15, 0.2) is 0 Å². The van der Waals surface area contributed by atoms with Crippen LogP contribution in [-0.4, -0.2) is 19.0 Å². The molecule has 4 heteroatoms. The van der Waals surface area contributed by atoms with Crippen LogP contribution in [0.3, 0.4) is 0 Å². The molecule has 0 aliphatic heterocycles. The monoisotopic (exact) mass is 248 g/mol. The second kappa shape index (κ2) is 5.80. The summed E-state index contributed by atoms with van der Waals surface area (Å²) in [7, 11) is 0. The molecule has 2 aromatic rings. The smallest absolute Gasteiger partial charge is 0.251 e. The van der Waals surface area contributed by atoms with Gasteiger partial charge in [-0.05, 0) is 54.4 Å². The van der Waals surface area contributed by atoms with Crippen molar-refractivity contribution in [3.8, 4) is 0 Å². The number of hydrogen-bond donors (Lipinski definition) is 2. The Morgan fingerprint density at radius 1 is 1.29 bits per heavy atom. The summed E-state index contributed by atoms with van der Waals surface area (Å²) in [5.41, 5.74) is 6.12. The molecule has 0 atom stereocenters. The van der Waals surface area contributed by atoms with Gasteiger partial charge in [-0.3, -0.25) is 4.79 Å². The zero-order valence-corrected chi connectivity index (χ0v) is 10.4. The highest BCUT2D eigenvalue weighted by molar-refractivity contribution is 7.17. The van der Waals surface area contributed by atoms with Gasteiger partial charge in [0.2, 0.25) is 0 Å². The molecule has 2 rings (SSSR count). The van der Waals surface area contributed by atoms with E-state index in [1.807, 2.05) is 29.6 Å². The fraction of sp³-hybridized carbons (Fsp3) is 0.308. The van der Waals surface area contributed by atoms with E-state index < -0.39 is 0 Å². The van der Waals surface area contributed by atoms with Crippen LogP contribution in [0, 0.1) is 0 Å². The Morgan fingerprint density at radius 3 is 3.00 bits per heavy atom. The minimum absolute atomic E-state index is 0.00452. The Labute approximate surface area is 105 Å². The lowest BCUT2D eigenvalue weighted by Crippen LogP contribution is -2.24. The lowest BCUT2D eigenvalue weighted by atomic mass is 10.1. The van der Waals surface area contributed by atoms with Crippen molar-refractivity contribution in [2.75, 3.05) is 13.1 Å². The lowest BCUT2D eigenvalue weighted by Gasteiger charge is -2.04. The van der Waals surface area contributed by atoms with E-state index in [4.69, 9.17) is 5.73 Å². The predicted octanol–water partition coefficient (Wildman–Crippen LogP) is 2.37. The average molecular weight is 248 g/mol. The van der Waals surface area contributed by atoms with Crippen molar-refractivity contribution in [2.45, 2.75) is 12.8 Å². The number of fused-ring (bicyclic) bond motifs is 1. The van der Waals surface area contributed by atoms with Gasteiger partial charge in [-0.2, -0.15) is 0 Å². The van der Waals surface area contributed by atoms with Gasteiger partial charge in [-0.1, -0.05) is 0 Å². The molecule has 90 valence electrons. The largest absolute Gasteiger partial charge is 0.352 e. The van der Waals surface area contributed by atoms with Crippen molar-refractivity contribution in [1.29, 1.82) is 0 Å². The Hall–Kier alpha value is -1.39. The van der Waals surface area contributed by atoms with Crippen LogP contribution in [0.25, 0.3) is 10.1 Å². The standard InChI is InChI=1S/C13H16N2OS/c14-6-1-2-7-15-13(16)11-3-4-12-10(9-11)5-8-17-12/h3-5,8-9H,1-2,6-7,14H2,(H,15,16). The highest BCUT2D eigenvalue weighted by Gasteiger charge is 2.05. The molecule has 3 N–H and O–H groups in total. The van der Waals surface area contributed by atoms with Crippen LogP contribution in [-0.2, 0) is 0 Å². The van der Waals surface area contributed by atoms with Crippen molar-refractivity contribution in [2.24, 2.45) is 5.73 Å². The topological polar surface area (TPSA) is 55.1 Å². The third-order valence-corrected chi connectivity index (χ3v) is 3.53. The Bertz CT molecular complexity index is 507. The quantitative estimate of drug-likeness (QED) is 0.798. The summed E-state index contributed by atoms with van der Waals surface area (Å²) in [4.78, 5) is 11.8. The second-order valence-corrected chi connectivity index (χ2v) is 4.87. The Morgan fingerprint density at radius 2 is 2.18 bits per heavy atom. The molecule has 0 fully saturated rings. The molecular weight excluding hydrogens is 232 g/mol. The molecule has 1 aromatic carbocycles. The zero-order valence-electron chi connectivity index (χ0n) is 9.61. The van der Waals surface area contributed by atoms with E-state index >= 15 is 0 Å². The molecule has 17 heavy (non-hydrogen) atoms. The van der Waals surface area contributed by atoms with Crippen LogP contribution in [0.15, 0.2) is 29.6 Å². The second-order valence-electron chi connectivity index (χ2n) is 3.92. The first kappa shape index (κ1) is 12.1. The van der Waals surface area contributed by atoms with E-state index in [1.54, 1.807) is 11.3 Å². The first-order valence-corrected chi connectivity index (χ1v) is 6.65. The molecule has 1 heterocycles. The van der Waals surface area contributed by atoms with Gasteiger partial charge in [0.05, 0.1) is 0 Å². The third-order valence-electron chi connectivity index (χ3n) is 2.63. The van der Waals surface area contributed by atoms with Gasteiger partial charge in [0.1, 0.15) is 0 Å². The van der Waals surface area contributed by atoms with Gasteiger partial charge in [0.25, 0.3) is 5.91 Å². The normalized spacial score (nSPS) is 10.6. The first-order valence-electron chi connectivity index (χ1n) is 5.77. The van der Waals surface area contributed by atoms with Crippen LogP contribution < -0.4 is 11.1 Å². The van der Waals surface area contributed by atoms with Crippen molar-refractivity contribution in [1.82, 2.24) is 5.32 Å². The predicted molar refractivity (Wildman–Crippen MR) is 72.4 cm³/mol. The fourth-order valence-corrected chi connectivity index (χ4v) is 2.45. The molecule has 0 saturated carbocycles. The highest BCUT2D eigenvalue weighted by Crippen LogP contribution is 2.21. The molecular formula is C13H16N2OS. The number of nitrogens with two attached hydrogens (primary N) is 1. The van der Waals surface area contributed by atoms with Gasteiger partial charge in [-0.25, -0.2) is 0 Å². The summed E-state index contributed by atoms with van der Waals surface area (Å²) in [5.74, 6) is -0.00452. The number of amides is 1.